The Balaban J connectivity index is 0.00000192. The van der Waals surface area contributed by atoms with E-state index >= 15 is 0 Å². The number of guanidine groups is 1. The summed E-state index contributed by atoms with van der Waals surface area (Å²) < 4.78 is 0. The van der Waals surface area contributed by atoms with Crippen LogP contribution in [0, 0.1) is 6.92 Å². The van der Waals surface area contributed by atoms with Gasteiger partial charge in [-0.25, -0.2) is 0 Å². The van der Waals surface area contributed by atoms with Crippen LogP contribution in [0.1, 0.15) is 42.7 Å². The summed E-state index contributed by atoms with van der Waals surface area (Å²) >= 11 is 2.00. The van der Waals surface area contributed by atoms with Gasteiger partial charge in [0.05, 0.1) is 0 Å². The van der Waals surface area contributed by atoms with Gasteiger partial charge in [-0.15, -0.1) is 24.0 Å². The van der Waals surface area contributed by atoms with Gasteiger partial charge in [0.15, 0.2) is 5.96 Å². The highest BCUT2D eigenvalue weighted by molar-refractivity contribution is 14.0. The number of nitrogens with zero attached hydrogens (tertiary/aromatic N) is 1. The predicted molar refractivity (Wildman–Crippen MR) is 112 cm³/mol. The zero-order chi connectivity index (χ0) is 15.5. The molecule has 0 aliphatic heterocycles. The van der Waals surface area contributed by atoms with Crippen molar-refractivity contribution in [2.45, 2.75) is 55.9 Å². The van der Waals surface area contributed by atoms with Gasteiger partial charge in [-0.05, 0) is 50.0 Å². The largest absolute Gasteiger partial charge is 0.354 e. The Morgan fingerprint density at radius 2 is 1.96 bits per heavy atom. The first-order valence-corrected chi connectivity index (χ1v) is 9.58. The van der Waals surface area contributed by atoms with E-state index in [9.17, 15) is 0 Å². The summed E-state index contributed by atoms with van der Waals surface area (Å²) in [6, 6.07) is 9.85. The number of rotatable bonds is 4. The van der Waals surface area contributed by atoms with Crippen LogP contribution < -0.4 is 10.6 Å². The van der Waals surface area contributed by atoms with Gasteiger partial charge in [0.1, 0.15) is 0 Å². The molecule has 1 aromatic carbocycles. The smallest absolute Gasteiger partial charge is 0.191 e. The van der Waals surface area contributed by atoms with Gasteiger partial charge in [-0.3, -0.25) is 4.99 Å². The van der Waals surface area contributed by atoms with Gasteiger partial charge in [0.2, 0.25) is 0 Å². The summed E-state index contributed by atoms with van der Waals surface area (Å²) in [5.41, 5.74) is 2.89. The quantitative estimate of drug-likeness (QED) is 0.419. The molecule has 3 rings (SSSR count). The van der Waals surface area contributed by atoms with Crippen molar-refractivity contribution in [3.8, 4) is 0 Å². The average Bonchev–Trinajstić information content (AvgIpc) is 3.13. The molecule has 128 valence electrons. The topological polar surface area (TPSA) is 36.4 Å². The maximum absolute atomic E-state index is 4.42. The molecule has 0 radical (unpaired) electrons. The number of hydrogen-bond donors (Lipinski definition) is 2. The normalized spacial score (nSPS) is 29.8. The van der Waals surface area contributed by atoms with Crippen LogP contribution in [0.5, 0.6) is 0 Å². The Bertz CT molecular complexity index is 549. The van der Waals surface area contributed by atoms with Gasteiger partial charge in [-0.1, -0.05) is 24.3 Å². The van der Waals surface area contributed by atoms with E-state index in [1.807, 2.05) is 18.8 Å². The lowest BCUT2D eigenvalue weighted by molar-refractivity contribution is 0.613. The molecule has 2 N–H and O–H groups in total. The third-order valence-electron chi connectivity index (χ3n) is 4.98. The van der Waals surface area contributed by atoms with Crippen molar-refractivity contribution in [3.05, 3.63) is 35.4 Å². The molecule has 1 aromatic rings. The maximum atomic E-state index is 4.42. The van der Waals surface area contributed by atoms with E-state index < -0.39 is 0 Å². The van der Waals surface area contributed by atoms with Crippen LogP contribution in [0.3, 0.4) is 0 Å². The lowest BCUT2D eigenvalue weighted by Crippen LogP contribution is -2.43. The zero-order valence-electron chi connectivity index (χ0n) is 14.2. The molecule has 0 aromatic heterocycles. The van der Waals surface area contributed by atoms with E-state index in [2.05, 4.69) is 53.1 Å². The molecule has 0 amide bonds. The molecule has 0 saturated heterocycles. The maximum Gasteiger partial charge on any atom is 0.191 e. The van der Waals surface area contributed by atoms with Crippen LogP contribution in [-0.4, -0.2) is 36.6 Å². The molecule has 2 aliphatic carbocycles. The molecule has 2 fully saturated rings. The fraction of sp³-hybridized carbons (Fsp3) is 0.611. The lowest BCUT2D eigenvalue weighted by Gasteiger charge is -2.17. The van der Waals surface area contributed by atoms with Crippen molar-refractivity contribution in [1.82, 2.24) is 10.6 Å². The van der Waals surface area contributed by atoms with Crippen LogP contribution in [-0.2, 0) is 0 Å². The molecule has 2 aliphatic rings. The second-order valence-electron chi connectivity index (χ2n) is 6.53. The highest BCUT2D eigenvalue weighted by Gasteiger charge is 2.40. The molecule has 2 saturated carbocycles. The van der Waals surface area contributed by atoms with E-state index in [0.29, 0.717) is 18.0 Å². The third kappa shape index (κ3) is 4.78. The second-order valence-corrected chi connectivity index (χ2v) is 7.67. The minimum absolute atomic E-state index is 0. The molecule has 4 unspecified atom stereocenters. The lowest BCUT2D eigenvalue weighted by atomic mass is 10.0. The van der Waals surface area contributed by atoms with Gasteiger partial charge < -0.3 is 10.6 Å². The Kier molecular flexibility index (Phi) is 7.07. The van der Waals surface area contributed by atoms with Gasteiger partial charge in [0.25, 0.3) is 0 Å². The molecule has 4 atom stereocenters. The molecule has 0 bridgehead atoms. The van der Waals surface area contributed by atoms with Crippen molar-refractivity contribution in [3.63, 3.8) is 0 Å². The van der Waals surface area contributed by atoms with Gasteiger partial charge >= 0.3 is 0 Å². The Morgan fingerprint density at radius 3 is 2.61 bits per heavy atom. The number of benzene rings is 1. The molecule has 3 nitrogen and oxygen atoms in total. The van der Waals surface area contributed by atoms with Crippen molar-refractivity contribution >= 4 is 41.7 Å². The summed E-state index contributed by atoms with van der Waals surface area (Å²) in [7, 11) is 1.88. The highest BCUT2D eigenvalue weighted by atomic mass is 127. The molecule has 0 heterocycles. The van der Waals surface area contributed by atoms with E-state index in [0.717, 1.165) is 11.2 Å². The standard InChI is InChI=1S/C18H27N3S.HI/c1-12-6-4-5-7-15(12)16-11-17(16)21-18(19-2)20-13-8-9-14(10-13)22-3;/h4-7,13-14,16-17H,8-11H2,1-3H3,(H2,19,20,21);1H. The summed E-state index contributed by atoms with van der Waals surface area (Å²) in [5, 5.41) is 8.04. The molecule has 0 spiro atoms. The number of halogens is 1. The van der Waals surface area contributed by atoms with E-state index in [1.165, 1.54) is 36.8 Å². The second kappa shape index (κ2) is 8.60. The van der Waals surface area contributed by atoms with Crippen molar-refractivity contribution in [2.24, 2.45) is 4.99 Å². The monoisotopic (exact) mass is 445 g/mol. The fourth-order valence-electron chi connectivity index (χ4n) is 3.53. The van der Waals surface area contributed by atoms with Crippen LogP contribution in [0.25, 0.3) is 0 Å². The molecular formula is C18H28IN3S. The Morgan fingerprint density at radius 1 is 1.17 bits per heavy atom. The van der Waals surface area contributed by atoms with Crippen molar-refractivity contribution < 1.29 is 0 Å². The third-order valence-corrected chi connectivity index (χ3v) is 6.08. The first-order chi connectivity index (χ1) is 10.7. The van der Waals surface area contributed by atoms with Crippen LogP contribution in [0.2, 0.25) is 0 Å². The average molecular weight is 445 g/mol. The van der Waals surface area contributed by atoms with Crippen molar-refractivity contribution in [1.29, 1.82) is 0 Å². The highest BCUT2D eigenvalue weighted by Crippen LogP contribution is 2.42. The minimum atomic E-state index is 0. The number of aryl methyl sites for hydroxylation is 1. The minimum Gasteiger partial charge on any atom is -0.354 e. The molecule has 23 heavy (non-hydrogen) atoms. The number of aliphatic imine (C=N–C) groups is 1. The molecule has 5 heteroatoms. The Labute approximate surface area is 161 Å². The molecular weight excluding hydrogens is 417 g/mol. The number of thioether (sulfide) groups is 1. The Hall–Kier alpha value is -0.430. The number of nitrogens with one attached hydrogen (secondary N) is 2. The first kappa shape index (κ1) is 18.9. The summed E-state index contributed by atoms with van der Waals surface area (Å²) in [4.78, 5) is 4.42. The van der Waals surface area contributed by atoms with E-state index in [4.69, 9.17) is 0 Å². The van der Waals surface area contributed by atoms with Gasteiger partial charge in [0, 0.05) is 30.3 Å². The van der Waals surface area contributed by atoms with E-state index in [1.54, 1.807) is 0 Å². The first-order valence-electron chi connectivity index (χ1n) is 8.29. The van der Waals surface area contributed by atoms with Crippen LogP contribution in [0.15, 0.2) is 29.3 Å². The van der Waals surface area contributed by atoms with Crippen molar-refractivity contribution in [2.75, 3.05) is 13.3 Å². The van der Waals surface area contributed by atoms with Crippen LogP contribution in [0.4, 0.5) is 0 Å². The predicted octanol–water partition coefficient (Wildman–Crippen LogP) is 3.92. The fourth-order valence-corrected chi connectivity index (χ4v) is 4.32. The van der Waals surface area contributed by atoms with E-state index in [-0.39, 0.29) is 24.0 Å². The van der Waals surface area contributed by atoms with Gasteiger partial charge in [-0.2, -0.15) is 11.8 Å². The summed E-state index contributed by atoms with van der Waals surface area (Å²) in [6.45, 7) is 2.21. The zero-order valence-corrected chi connectivity index (χ0v) is 17.4. The SMILES string of the molecule is CN=C(NC1CCC(SC)C1)NC1CC1c1ccccc1C.I. The summed E-state index contributed by atoms with van der Waals surface area (Å²) in [6.07, 6.45) is 7.28. The number of hydrogen-bond acceptors (Lipinski definition) is 2. The summed E-state index contributed by atoms with van der Waals surface area (Å²) in [5.74, 6) is 1.62. The van der Waals surface area contributed by atoms with Crippen LogP contribution >= 0.6 is 35.7 Å².